The van der Waals surface area contributed by atoms with E-state index in [9.17, 15) is 13.6 Å². The molecule has 0 aliphatic heterocycles. The molecule has 1 aromatic carbocycles. The molecule has 0 aromatic heterocycles. The van der Waals surface area contributed by atoms with Gasteiger partial charge >= 0.3 is 0 Å². The number of rotatable bonds is 5. The van der Waals surface area contributed by atoms with Gasteiger partial charge in [0.1, 0.15) is 17.7 Å². The number of benzene rings is 1. The van der Waals surface area contributed by atoms with E-state index in [2.05, 4.69) is 5.32 Å². The van der Waals surface area contributed by atoms with Crippen molar-refractivity contribution in [2.45, 2.75) is 12.6 Å². The maximum Gasteiger partial charge on any atom is 0.247 e. The number of carbonyl (C=O) groups is 1. The second-order valence-corrected chi connectivity index (χ2v) is 3.28. The Labute approximate surface area is 91.1 Å². The molecule has 0 aliphatic carbocycles. The quantitative estimate of drug-likeness (QED) is 0.661. The van der Waals surface area contributed by atoms with Gasteiger partial charge in [0.05, 0.1) is 0 Å². The summed E-state index contributed by atoms with van der Waals surface area (Å²) in [5.74, 6) is -2.19. The monoisotopic (exact) mass is 230 g/mol. The summed E-state index contributed by atoms with van der Waals surface area (Å²) in [4.78, 5) is 10.5. The van der Waals surface area contributed by atoms with Crippen LogP contribution in [0.15, 0.2) is 18.2 Å². The lowest BCUT2D eigenvalue weighted by molar-refractivity contribution is -0.125. The summed E-state index contributed by atoms with van der Waals surface area (Å²) in [7, 11) is 0. The van der Waals surface area contributed by atoms with Crippen molar-refractivity contribution in [3.8, 4) is 0 Å². The third-order valence-corrected chi connectivity index (χ3v) is 2.00. The molecular formula is C10H12F2N2O2. The van der Waals surface area contributed by atoms with E-state index in [1.807, 2.05) is 0 Å². The number of primary amides is 1. The molecule has 0 radical (unpaired) electrons. The Morgan fingerprint density at radius 1 is 1.50 bits per heavy atom. The molecule has 88 valence electrons. The molecule has 0 aliphatic rings. The molecule has 1 atom stereocenters. The molecule has 0 bridgehead atoms. The van der Waals surface area contributed by atoms with Gasteiger partial charge in [-0.2, -0.15) is 0 Å². The molecule has 0 saturated carbocycles. The smallest absolute Gasteiger partial charge is 0.247 e. The number of hydrogen-bond donors (Lipinski definition) is 3. The summed E-state index contributed by atoms with van der Waals surface area (Å²) < 4.78 is 25.6. The van der Waals surface area contributed by atoms with Crippen molar-refractivity contribution in [1.82, 2.24) is 5.32 Å². The lowest BCUT2D eigenvalue weighted by Crippen LogP contribution is -2.37. The van der Waals surface area contributed by atoms with Gasteiger partial charge in [0.25, 0.3) is 0 Å². The van der Waals surface area contributed by atoms with Gasteiger partial charge in [0.2, 0.25) is 5.91 Å². The van der Waals surface area contributed by atoms with Crippen LogP contribution in [0.5, 0.6) is 0 Å². The van der Waals surface area contributed by atoms with E-state index < -0.39 is 23.6 Å². The highest BCUT2D eigenvalue weighted by atomic mass is 19.1. The van der Waals surface area contributed by atoms with Crippen molar-refractivity contribution in [3.05, 3.63) is 35.4 Å². The summed E-state index contributed by atoms with van der Waals surface area (Å²) >= 11 is 0. The highest BCUT2D eigenvalue weighted by Crippen LogP contribution is 2.08. The first-order valence-electron chi connectivity index (χ1n) is 4.62. The average molecular weight is 230 g/mol. The Kier molecular flexibility index (Phi) is 4.33. The SMILES string of the molecule is NC(=O)C(O)CNCc1ccc(F)cc1F. The van der Waals surface area contributed by atoms with Gasteiger partial charge in [-0.15, -0.1) is 0 Å². The van der Waals surface area contributed by atoms with E-state index in [1.165, 1.54) is 6.07 Å². The van der Waals surface area contributed by atoms with Crippen molar-refractivity contribution >= 4 is 5.91 Å². The van der Waals surface area contributed by atoms with Gasteiger partial charge in [-0.1, -0.05) is 6.07 Å². The second kappa shape index (κ2) is 5.53. The molecule has 6 heteroatoms. The van der Waals surface area contributed by atoms with E-state index in [0.717, 1.165) is 12.1 Å². The third kappa shape index (κ3) is 3.56. The molecule has 1 amide bonds. The predicted molar refractivity (Wildman–Crippen MR) is 53.3 cm³/mol. The van der Waals surface area contributed by atoms with E-state index in [4.69, 9.17) is 10.8 Å². The first kappa shape index (κ1) is 12.5. The molecule has 4 N–H and O–H groups in total. The Hall–Kier alpha value is -1.53. The minimum Gasteiger partial charge on any atom is -0.382 e. The fraction of sp³-hybridized carbons (Fsp3) is 0.300. The number of aliphatic hydroxyl groups excluding tert-OH is 1. The zero-order valence-electron chi connectivity index (χ0n) is 8.41. The molecule has 0 spiro atoms. The number of amides is 1. The van der Waals surface area contributed by atoms with Crippen LogP contribution in [-0.4, -0.2) is 23.7 Å². The molecule has 4 nitrogen and oxygen atoms in total. The van der Waals surface area contributed by atoms with E-state index in [0.29, 0.717) is 0 Å². The van der Waals surface area contributed by atoms with Crippen molar-refractivity contribution < 1.29 is 18.7 Å². The molecule has 16 heavy (non-hydrogen) atoms. The van der Waals surface area contributed by atoms with Gasteiger partial charge in [-0.3, -0.25) is 4.79 Å². The number of hydrogen-bond acceptors (Lipinski definition) is 3. The zero-order valence-corrected chi connectivity index (χ0v) is 8.41. The fourth-order valence-electron chi connectivity index (χ4n) is 1.11. The minimum atomic E-state index is -1.32. The topological polar surface area (TPSA) is 75.4 Å². The molecule has 0 saturated heterocycles. The maximum atomic E-state index is 13.1. The van der Waals surface area contributed by atoms with Gasteiger partial charge in [0, 0.05) is 24.7 Å². The highest BCUT2D eigenvalue weighted by Gasteiger charge is 2.10. The summed E-state index contributed by atoms with van der Waals surface area (Å²) in [6.07, 6.45) is -1.32. The minimum absolute atomic E-state index is 0.0772. The van der Waals surface area contributed by atoms with Crippen LogP contribution >= 0.6 is 0 Å². The van der Waals surface area contributed by atoms with Crippen molar-refractivity contribution in [3.63, 3.8) is 0 Å². The standard InChI is InChI=1S/C10H12F2N2O2/c11-7-2-1-6(8(12)3-7)4-14-5-9(15)10(13)16/h1-3,9,14-15H,4-5H2,(H2,13,16). The summed E-state index contributed by atoms with van der Waals surface area (Å²) in [6.45, 7) is 0.00258. The molecule has 1 rings (SSSR count). The molecule has 1 aromatic rings. The second-order valence-electron chi connectivity index (χ2n) is 3.28. The number of nitrogens with two attached hydrogens (primary N) is 1. The predicted octanol–water partition coefficient (Wildman–Crippen LogP) is -0.0994. The third-order valence-electron chi connectivity index (χ3n) is 2.00. The van der Waals surface area contributed by atoms with Gasteiger partial charge in [-0.05, 0) is 6.07 Å². The number of carbonyl (C=O) groups excluding carboxylic acids is 1. The van der Waals surface area contributed by atoms with Gasteiger partial charge in [0.15, 0.2) is 0 Å². The van der Waals surface area contributed by atoms with Gasteiger partial charge < -0.3 is 16.2 Å². The summed E-state index contributed by atoms with van der Waals surface area (Å²) in [5.41, 5.74) is 5.06. The Balaban J connectivity index is 2.46. The van der Waals surface area contributed by atoms with E-state index >= 15 is 0 Å². The van der Waals surface area contributed by atoms with Crippen LogP contribution in [0.25, 0.3) is 0 Å². The van der Waals surface area contributed by atoms with E-state index in [-0.39, 0.29) is 18.7 Å². The Morgan fingerprint density at radius 2 is 2.19 bits per heavy atom. The normalized spacial score (nSPS) is 12.4. The number of nitrogens with one attached hydrogen (secondary N) is 1. The van der Waals surface area contributed by atoms with Crippen LogP contribution < -0.4 is 11.1 Å². The van der Waals surface area contributed by atoms with Crippen molar-refractivity contribution in [2.24, 2.45) is 5.73 Å². The van der Waals surface area contributed by atoms with Crippen molar-refractivity contribution in [1.29, 1.82) is 0 Å². The lowest BCUT2D eigenvalue weighted by Gasteiger charge is -2.08. The van der Waals surface area contributed by atoms with Gasteiger partial charge in [-0.25, -0.2) is 8.78 Å². The van der Waals surface area contributed by atoms with Crippen LogP contribution in [0.3, 0.4) is 0 Å². The first-order valence-corrected chi connectivity index (χ1v) is 4.62. The Bertz CT molecular complexity index is 385. The first-order chi connectivity index (χ1) is 7.50. The largest absolute Gasteiger partial charge is 0.382 e. The van der Waals surface area contributed by atoms with Crippen LogP contribution in [0.4, 0.5) is 8.78 Å². The number of aliphatic hydroxyl groups is 1. The van der Waals surface area contributed by atoms with Crippen LogP contribution in [0.2, 0.25) is 0 Å². The molecular weight excluding hydrogens is 218 g/mol. The van der Waals surface area contributed by atoms with Crippen LogP contribution in [0, 0.1) is 11.6 Å². The highest BCUT2D eigenvalue weighted by molar-refractivity contribution is 5.78. The Morgan fingerprint density at radius 3 is 2.75 bits per heavy atom. The van der Waals surface area contributed by atoms with Crippen molar-refractivity contribution in [2.75, 3.05) is 6.54 Å². The zero-order chi connectivity index (χ0) is 12.1. The molecule has 0 fully saturated rings. The average Bonchev–Trinajstić information content (AvgIpc) is 2.20. The molecule has 1 unspecified atom stereocenters. The summed E-state index contributed by atoms with van der Waals surface area (Å²) in [6, 6.07) is 3.18. The fourth-order valence-corrected chi connectivity index (χ4v) is 1.11. The summed E-state index contributed by atoms with van der Waals surface area (Å²) in [5, 5.41) is 11.7. The van der Waals surface area contributed by atoms with Crippen LogP contribution in [0.1, 0.15) is 5.56 Å². The van der Waals surface area contributed by atoms with E-state index in [1.54, 1.807) is 0 Å². The number of halogens is 2. The molecule has 0 heterocycles. The maximum absolute atomic E-state index is 13.1. The lowest BCUT2D eigenvalue weighted by atomic mass is 10.2. The van der Waals surface area contributed by atoms with Crippen LogP contribution in [-0.2, 0) is 11.3 Å².